The highest BCUT2D eigenvalue weighted by molar-refractivity contribution is 5.32. The molecule has 2 aromatic carbocycles. The second kappa shape index (κ2) is 6.49. The van der Waals surface area contributed by atoms with Gasteiger partial charge in [-0.15, -0.1) is 0 Å². The van der Waals surface area contributed by atoms with Gasteiger partial charge in [0, 0.05) is 11.6 Å². The number of hydrogen-bond donors (Lipinski definition) is 1. The van der Waals surface area contributed by atoms with Gasteiger partial charge < -0.3 is 14.6 Å². The van der Waals surface area contributed by atoms with Gasteiger partial charge in [0.05, 0.1) is 13.7 Å². The summed E-state index contributed by atoms with van der Waals surface area (Å²) in [5.74, 6) is -2.77. The van der Waals surface area contributed by atoms with Crippen molar-refractivity contribution in [3.63, 3.8) is 0 Å². The standard InChI is InChI=1S/C15H13F3O3/c1-20-11-3-2-10(12(16)6-11)8-21-15-13(17)4-9(7-19)5-14(15)18/h2-6,19H,7-8H2,1H3. The Labute approximate surface area is 119 Å². The molecule has 0 aliphatic rings. The summed E-state index contributed by atoms with van der Waals surface area (Å²) in [7, 11) is 1.40. The molecular weight excluding hydrogens is 285 g/mol. The number of rotatable bonds is 5. The lowest BCUT2D eigenvalue weighted by atomic mass is 10.2. The molecule has 112 valence electrons. The van der Waals surface area contributed by atoms with Gasteiger partial charge in [-0.2, -0.15) is 0 Å². The quantitative estimate of drug-likeness (QED) is 0.921. The lowest BCUT2D eigenvalue weighted by Gasteiger charge is -2.11. The summed E-state index contributed by atoms with van der Waals surface area (Å²) < 4.78 is 50.8. The van der Waals surface area contributed by atoms with Gasteiger partial charge in [0.15, 0.2) is 17.4 Å². The zero-order chi connectivity index (χ0) is 15.4. The van der Waals surface area contributed by atoms with Gasteiger partial charge in [-0.25, -0.2) is 13.2 Å². The van der Waals surface area contributed by atoms with Crippen LogP contribution in [-0.4, -0.2) is 12.2 Å². The first-order chi connectivity index (χ1) is 10.0. The van der Waals surface area contributed by atoms with E-state index in [0.717, 1.165) is 18.2 Å². The van der Waals surface area contributed by atoms with E-state index in [1.54, 1.807) is 0 Å². The molecule has 0 aliphatic carbocycles. The molecule has 3 nitrogen and oxygen atoms in total. The molecule has 0 unspecified atom stereocenters. The van der Waals surface area contributed by atoms with Gasteiger partial charge in [-0.1, -0.05) is 0 Å². The first-order valence-corrected chi connectivity index (χ1v) is 6.09. The third-order valence-electron chi connectivity index (χ3n) is 2.87. The van der Waals surface area contributed by atoms with Crippen molar-refractivity contribution in [2.45, 2.75) is 13.2 Å². The molecule has 0 fully saturated rings. The molecular formula is C15H13F3O3. The van der Waals surface area contributed by atoms with Crippen LogP contribution in [0.3, 0.4) is 0 Å². The minimum absolute atomic E-state index is 0.0907. The Hall–Kier alpha value is -2.21. The number of hydrogen-bond acceptors (Lipinski definition) is 3. The molecule has 2 rings (SSSR count). The smallest absolute Gasteiger partial charge is 0.191 e. The van der Waals surface area contributed by atoms with Crippen molar-refractivity contribution >= 4 is 0 Å². The molecule has 1 N–H and O–H groups in total. The monoisotopic (exact) mass is 298 g/mol. The van der Waals surface area contributed by atoms with Crippen molar-refractivity contribution in [2.75, 3.05) is 7.11 Å². The molecule has 6 heteroatoms. The van der Waals surface area contributed by atoms with E-state index in [9.17, 15) is 13.2 Å². The minimum Gasteiger partial charge on any atom is -0.497 e. The molecule has 21 heavy (non-hydrogen) atoms. The largest absolute Gasteiger partial charge is 0.497 e. The van der Waals surface area contributed by atoms with Gasteiger partial charge in [-0.05, 0) is 29.8 Å². The number of benzene rings is 2. The predicted octanol–water partition coefficient (Wildman–Crippen LogP) is 3.18. The third-order valence-corrected chi connectivity index (χ3v) is 2.87. The molecule has 0 atom stereocenters. The van der Waals surface area contributed by atoms with Crippen LogP contribution >= 0.6 is 0 Å². The molecule has 2 aromatic rings. The molecule has 0 spiro atoms. The van der Waals surface area contributed by atoms with Crippen LogP contribution in [0.1, 0.15) is 11.1 Å². The average molecular weight is 298 g/mol. The number of aliphatic hydroxyl groups excluding tert-OH is 1. The summed E-state index contributed by atoms with van der Waals surface area (Å²) >= 11 is 0. The van der Waals surface area contributed by atoms with Crippen LogP contribution in [-0.2, 0) is 13.2 Å². The van der Waals surface area contributed by atoms with Gasteiger partial charge in [-0.3, -0.25) is 0 Å². The molecule has 0 heterocycles. The number of ether oxygens (including phenoxy) is 2. The lowest BCUT2D eigenvalue weighted by molar-refractivity contribution is 0.263. The van der Waals surface area contributed by atoms with E-state index in [1.807, 2.05) is 0 Å². The van der Waals surface area contributed by atoms with Crippen molar-refractivity contribution < 1.29 is 27.8 Å². The summed E-state index contributed by atoms with van der Waals surface area (Å²) in [4.78, 5) is 0. The van der Waals surface area contributed by atoms with Crippen molar-refractivity contribution in [3.8, 4) is 11.5 Å². The molecule has 0 amide bonds. The fraction of sp³-hybridized carbons (Fsp3) is 0.200. The van der Waals surface area contributed by atoms with Crippen molar-refractivity contribution in [1.29, 1.82) is 0 Å². The first kappa shape index (κ1) is 15.2. The first-order valence-electron chi connectivity index (χ1n) is 6.09. The van der Waals surface area contributed by atoms with E-state index in [1.165, 1.54) is 19.2 Å². The second-order valence-electron chi connectivity index (χ2n) is 4.29. The Bertz CT molecular complexity index is 621. The predicted molar refractivity (Wildman–Crippen MR) is 69.6 cm³/mol. The Morgan fingerprint density at radius 1 is 1.00 bits per heavy atom. The zero-order valence-electron chi connectivity index (χ0n) is 11.2. The summed E-state index contributed by atoms with van der Waals surface area (Å²) in [5.41, 5.74) is 0.230. The molecule has 0 bridgehead atoms. The molecule has 0 aromatic heterocycles. The van der Waals surface area contributed by atoms with Crippen molar-refractivity contribution in [2.24, 2.45) is 0 Å². The molecule has 0 saturated carbocycles. The number of methoxy groups -OCH3 is 1. The summed E-state index contributed by atoms with van der Waals surface area (Å²) in [6.07, 6.45) is 0. The topological polar surface area (TPSA) is 38.7 Å². The second-order valence-corrected chi connectivity index (χ2v) is 4.29. The number of halogens is 3. The van der Waals surface area contributed by atoms with Crippen LogP contribution in [0.15, 0.2) is 30.3 Å². The highest BCUT2D eigenvalue weighted by Crippen LogP contribution is 2.25. The van der Waals surface area contributed by atoms with Gasteiger partial charge in [0.25, 0.3) is 0 Å². The summed E-state index contributed by atoms with van der Waals surface area (Å²) in [6, 6.07) is 6.00. The SMILES string of the molecule is COc1ccc(COc2c(F)cc(CO)cc2F)c(F)c1. The molecule has 0 radical (unpaired) electrons. The van der Waals surface area contributed by atoms with Crippen LogP contribution in [0.25, 0.3) is 0 Å². The summed E-state index contributed by atoms with van der Waals surface area (Å²) in [6.45, 7) is -0.816. The van der Waals surface area contributed by atoms with E-state index < -0.39 is 29.8 Å². The molecule has 0 aliphatic heterocycles. The van der Waals surface area contributed by atoms with Crippen LogP contribution < -0.4 is 9.47 Å². The fourth-order valence-corrected chi connectivity index (χ4v) is 1.76. The summed E-state index contributed by atoms with van der Waals surface area (Å²) in [5, 5.41) is 8.84. The van der Waals surface area contributed by atoms with E-state index in [-0.39, 0.29) is 17.7 Å². The Morgan fingerprint density at radius 2 is 1.67 bits per heavy atom. The maximum absolute atomic E-state index is 13.7. The van der Waals surface area contributed by atoms with Crippen LogP contribution in [0.2, 0.25) is 0 Å². The Balaban J connectivity index is 2.17. The Morgan fingerprint density at radius 3 is 2.19 bits per heavy atom. The van der Waals surface area contributed by atoms with Gasteiger partial charge in [0.1, 0.15) is 18.2 Å². The zero-order valence-corrected chi connectivity index (χ0v) is 11.2. The Kier molecular flexibility index (Phi) is 4.70. The van der Waals surface area contributed by atoms with E-state index in [4.69, 9.17) is 14.6 Å². The van der Waals surface area contributed by atoms with Crippen LogP contribution in [0.5, 0.6) is 11.5 Å². The number of aliphatic hydroxyl groups is 1. The normalized spacial score (nSPS) is 10.5. The van der Waals surface area contributed by atoms with E-state index >= 15 is 0 Å². The maximum atomic E-state index is 13.7. The fourth-order valence-electron chi connectivity index (χ4n) is 1.76. The van der Waals surface area contributed by atoms with E-state index in [0.29, 0.717) is 5.75 Å². The van der Waals surface area contributed by atoms with Crippen LogP contribution in [0, 0.1) is 17.5 Å². The van der Waals surface area contributed by atoms with Crippen molar-refractivity contribution in [3.05, 3.63) is 58.9 Å². The van der Waals surface area contributed by atoms with Gasteiger partial charge >= 0.3 is 0 Å². The molecule has 0 saturated heterocycles. The minimum atomic E-state index is -0.951. The highest BCUT2D eigenvalue weighted by Gasteiger charge is 2.14. The van der Waals surface area contributed by atoms with Gasteiger partial charge in [0.2, 0.25) is 0 Å². The lowest BCUT2D eigenvalue weighted by Crippen LogP contribution is -2.03. The average Bonchev–Trinajstić information content (AvgIpc) is 2.47. The van der Waals surface area contributed by atoms with Crippen LogP contribution in [0.4, 0.5) is 13.2 Å². The third kappa shape index (κ3) is 3.46. The highest BCUT2D eigenvalue weighted by atomic mass is 19.1. The maximum Gasteiger partial charge on any atom is 0.191 e. The van der Waals surface area contributed by atoms with Crippen molar-refractivity contribution in [1.82, 2.24) is 0 Å². The van der Waals surface area contributed by atoms with E-state index in [2.05, 4.69) is 0 Å².